The van der Waals surface area contributed by atoms with Crippen molar-refractivity contribution in [2.24, 2.45) is 5.73 Å². The van der Waals surface area contributed by atoms with Crippen molar-refractivity contribution in [3.63, 3.8) is 0 Å². The van der Waals surface area contributed by atoms with Gasteiger partial charge in [-0.2, -0.15) is 43.8 Å². The average molecular weight is 384 g/mol. The molecule has 0 spiro atoms. The summed E-state index contributed by atoms with van der Waals surface area (Å²) in [7, 11) is -6.73. The van der Waals surface area contributed by atoms with Gasteiger partial charge in [0.1, 0.15) is 6.04 Å². The van der Waals surface area contributed by atoms with Crippen molar-refractivity contribution in [2.75, 3.05) is 7.05 Å². The molecule has 0 aliphatic carbocycles. The van der Waals surface area contributed by atoms with E-state index in [-0.39, 0.29) is 7.05 Å². The van der Waals surface area contributed by atoms with Gasteiger partial charge in [-0.3, -0.25) is 4.79 Å². The number of hydrogen-bond donors (Lipinski definition) is 1. The third-order valence-electron chi connectivity index (χ3n) is 2.78. The van der Waals surface area contributed by atoms with Crippen LogP contribution in [0.2, 0.25) is 0 Å². The Balaban J connectivity index is 6.21. The molecule has 0 fully saturated rings. The van der Waals surface area contributed by atoms with Gasteiger partial charge in [-0.05, 0) is 6.92 Å². The number of alkyl halides is 9. The standard InChI is InChI=1S/C8H9F9N2O3S/c1-3(4(18)20)19(2)23(21,22)8(16,17)6(11,12)5(9,10)7(13,14)15/h3H,1-2H3,(H2,18,20). The first kappa shape index (κ1) is 21.8. The molecule has 2 N–H and O–H groups in total. The highest BCUT2D eigenvalue weighted by atomic mass is 32.2. The van der Waals surface area contributed by atoms with Crippen molar-refractivity contribution in [1.82, 2.24) is 4.31 Å². The minimum atomic E-state index is -7.37. The van der Waals surface area contributed by atoms with Crippen molar-refractivity contribution >= 4 is 15.9 Å². The lowest BCUT2D eigenvalue weighted by Gasteiger charge is -2.35. The van der Waals surface area contributed by atoms with E-state index in [1.165, 1.54) is 0 Å². The molecule has 0 bridgehead atoms. The van der Waals surface area contributed by atoms with E-state index in [1.54, 1.807) is 0 Å². The molecule has 1 atom stereocenters. The lowest BCUT2D eigenvalue weighted by atomic mass is 10.1. The molecule has 0 aromatic carbocycles. The number of carbonyl (C=O) groups is 1. The Morgan fingerprint density at radius 3 is 1.57 bits per heavy atom. The van der Waals surface area contributed by atoms with E-state index in [2.05, 4.69) is 5.73 Å². The number of halogens is 9. The van der Waals surface area contributed by atoms with E-state index in [9.17, 15) is 52.7 Å². The quantitative estimate of drug-likeness (QED) is 0.706. The SMILES string of the molecule is CC(C(N)=O)N(C)S(=O)(=O)C(F)(F)C(F)(F)C(F)(F)C(F)(F)F. The fourth-order valence-electron chi connectivity index (χ4n) is 1.09. The highest BCUT2D eigenvalue weighted by Gasteiger charge is 2.85. The second-order valence-corrected chi connectivity index (χ2v) is 6.30. The smallest absolute Gasteiger partial charge is 0.368 e. The molecule has 0 saturated carbocycles. The molecule has 0 saturated heterocycles. The molecule has 0 aliphatic heterocycles. The second-order valence-electron chi connectivity index (χ2n) is 4.26. The Hall–Kier alpha value is -1.25. The van der Waals surface area contributed by atoms with Gasteiger partial charge in [-0.25, -0.2) is 8.42 Å². The topological polar surface area (TPSA) is 80.5 Å². The van der Waals surface area contributed by atoms with Gasteiger partial charge in [-0.1, -0.05) is 0 Å². The summed E-state index contributed by atoms with van der Waals surface area (Å²) in [6.07, 6.45) is -7.16. The number of carbonyl (C=O) groups excluding carboxylic acids is 1. The lowest BCUT2D eigenvalue weighted by Crippen LogP contribution is -2.65. The first-order valence-electron chi connectivity index (χ1n) is 5.24. The lowest BCUT2D eigenvalue weighted by molar-refractivity contribution is -0.382. The van der Waals surface area contributed by atoms with Gasteiger partial charge < -0.3 is 5.73 Å². The van der Waals surface area contributed by atoms with Crippen LogP contribution in [0.4, 0.5) is 39.5 Å². The Morgan fingerprint density at radius 1 is 0.957 bits per heavy atom. The van der Waals surface area contributed by atoms with Crippen LogP contribution in [-0.4, -0.2) is 55.0 Å². The van der Waals surface area contributed by atoms with E-state index >= 15 is 0 Å². The third-order valence-corrected chi connectivity index (χ3v) is 4.75. The number of amides is 1. The minimum Gasteiger partial charge on any atom is -0.368 e. The van der Waals surface area contributed by atoms with Crippen molar-refractivity contribution in [3.05, 3.63) is 0 Å². The second kappa shape index (κ2) is 5.68. The predicted octanol–water partition coefficient (Wildman–Crippen LogP) is 1.55. The zero-order valence-electron chi connectivity index (χ0n) is 11.1. The summed E-state index contributed by atoms with van der Waals surface area (Å²) in [6.45, 7) is 0.524. The number of primary amides is 1. The fraction of sp³-hybridized carbons (Fsp3) is 0.875. The maximum atomic E-state index is 13.4. The van der Waals surface area contributed by atoms with E-state index in [0.29, 0.717) is 6.92 Å². The Labute approximate surface area is 123 Å². The summed E-state index contributed by atoms with van der Waals surface area (Å²) in [6, 6.07) is -2.22. The number of rotatable bonds is 6. The summed E-state index contributed by atoms with van der Waals surface area (Å²) in [5.74, 6) is -16.4. The molecule has 0 radical (unpaired) electrons. The molecule has 15 heteroatoms. The summed E-state index contributed by atoms with van der Waals surface area (Å²) in [4.78, 5) is 10.7. The van der Waals surface area contributed by atoms with Gasteiger partial charge in [0, 0.05) is 7.05 Å². The maximum absolute atomic E-state index is 13.4. The highest BCUT2D eigenvalue weighted by Crippen LogP contribution is 2.55. The van der Waals surface area contributed by atoms with Gasteiger partial charge in [0.25, 0.3) is 10.0 Å². The van der Waals surface area contributed by atoms with Crippen LogP contribution in [0.25, 0.3) is 0 Å². The molecule has 23 heavy (non-hydrogen) atoms. The highest BCUT2D eigenvalue weighted by molar-refractivity contribution is 7.90. The molecular formula is C8H9F9N2O3S. The van der Waals surface area contributed by atoms with Gasteiger partial charge in [-0.15, -0.1) is 0 Å². The molecule has 0 aliphatic rings. The molecule has 0 aromatic heterocycles. The third kappa shape index (κ3) is 3.07. The number of nitrogens with two attached hydrogens (primary N) is 1. The summed E-state index contributed by atoms with van der Waals surface area (Å²) in [5, 5.41) is -6.89. The van der Waals surface area contributed by atoms with E-state index in [1.807, 2.05) is 0 Å². The van der Waals surface area contributed by atoms with Crippen molar-refractivity contribution in [1.29, 1.82) is 0 Å². The normalized spacial score (nSPS) is 16.5. The zero-order valence-corrected chi connectivity index (χ0v) is 12.0. The van der Waals surface area contributed by atoms with Gasteiger partial charge in [0.2, 0.25) is 5.91 Å². The van der Waals surface area contributed by atoms with E-state index in [0.717, 1.165) is 0 Å². The van der Waals surface area contributed by atoms with Crippen molar-refractivity contribution in [2.45, 2.75) is 36.2 Å². The molecule has 1 unspecified atom stereocenters. The molecule has 5 nitrogen and oxygen atoms in total. The minimum absolute atomic E-state index is 0.0838. The van der Waals surface area contributed by atoms with Gasteiger partial charge >= 0.3 is 23.3 Å². The Morgan fingerprint density at radius 2 is 1.30 bits per heavy atom. The summed E-state index contributed by atoms with van der Waals surface area (Å²) < 4.78 is 136. The molecule has 138 valence electrons. The monoisotopic (exact) mass is 384 g/mol. The Bertz CT molecular complexity index is 572. The average Bonchev–Trinajstić information content (AvgIpc) is 2.34. The fourth-order valence-corrected chi connectivity index (χ4v) is 2.42. The van der Waals surface area contributed by atoms with Crippen LogP contribution in [0.5, 0.6) is 0 Å². The van der Waals surface area contributed by atoms with Crippen LogP contribution >= 0.6 is 0 Å². The molecule has 0 heterocycles. The maximum Gasteiger partial charge on any atom is 0.460 e. The number of hydrogen-bond acceptors (Lipinski definition) is 3. The summed E-state index contributed by atoms with van der Waals surface area (Å²) >= 11 is 0. The predicted molar refractivity (Wildman–Crippen MR) is 56.2 cm³/mol. The van der Waals surface area contributed by atoms with Crippen molar-refractivity contribution < 1.29 is 52.7 Å². The number of likely N-dealkylation sites (N-methyl/N-ethyl adjacent to an activating group) is 1. The van der Waals surface area contributed by atoms with E-state index < -0.39 is 49.6 Å². The van der Waals surface area contributed by atoms with Crippen molar-refractivity contribution in [3.8, 4) is 0 Å². The zero-order chi connectivity index (χ0) is 19.2. The summed E-state index contributed by atoms with van der Waals surface area (Å²) in [5.41, 5.74) is 4.54. The van der Waals surface area contributed by atoms with Crippen LogP contribution < -0.4 is 5.73 Å². The molecule has 0 aromatic rings. The number of sulfonamides is 1. The first-order chi connectivity index (χ1) is 9.76. The van der Waals surface area contributed by atoms with Crippen LogP contribution in [0.15, 0.2) is 0 Å². The van der Waals surface area contributed by atoms with Crippen LogP contribution in [0.3, 0.4) is 0 Å². The van der Waals surface area contributed by atoms with Gasteiger partial charge in [0.15, 0.2) is 0 Å². The molecule has 0 rings (SSSR count). The Kier molecular flexibility index (Phi) is 5.37. The molecule has 1 amide bonds. The van der Waals surface area contributed by atoms with Crippen LogP contribution in [0, 0.1) is 0 Å². The largest absolute Gasteiger partial charge is 0.460 e. The molecular weight excluding hydrogens is 375 g/mol. The first-order valence-corrected chi connectivity index (χ1v) is 6.68. The number of nitrogens with zero attached hydrogens (tertiary/aromatic N) is 1. The van der Waals surface area contributed by atoms with Gasteiger partial charge in [0.05, 0.1) is 0 Å². The van der Waals surface area contributed by atoms with Crippen LogP contribution in [0.1, 0.15) is 6.92 Å². The van der Waals surface area contributed by atoms with E-state index in [4.69, 9.17) is 0 Å². The van der Waals surface area contributed by atoms with Crippen LogP contribution in [-0.2, 0) is 14.8 Å².